The summed E-state index contributed by atoms with van der Waals surface area (Å²) in [5.74, 6) is -0.316. The number of carbonyl (C=O) groups is 3. The molecule has 2 heterocycles. The second-order valence-electron chi connectivity index (χ2n) is 6.90. The van der Waals surface area contributed by atoms with Crippen LogP contribution in [0.4, 0.5) is 16.2 Å². The molecule has 0 fully saturated rings. The number of benzene rings is 2. The summed E-state index contributed by atoms with van der Waals surface area (Å²) in [4.78, 5) is 38.7. The zero-order valence-electron chi connectivity index (χ0n) is 17.0. The van der Waals surface area contributed by atoms with Crippen molar-refractivity contribution in [2.45, 2.75) is 10.6 Å². The summed E-state index contributed by atoms with van der Waals surface area (Å²) >= 11 is 6.56. The predicted octanol–water partition coefficient (Wildman–Crippen LogP) is 3.65. The quantitative estimate of drug-likeness (QED) is 0.510. The van der Waals surface area contributed by atoms with E-state index in [1.807, 2.05) is 4.72 Å². The molecular weight excluding hydrogens is 490 g/mol. The molecular formula is C21H16ClN3O6S2. The number of nitrogens with zero attached hydrogens (tertiary/aromatic N) is 1. The molecule has 4 rings (SSSR count). The number of rotatable bonds is 5. The minimum absolute atomic E-state index is 0.0330. The van der Waals surface area contributed by atoms with Crippen LogP contribution in [0.5, 0.6) is 5.75 Å². The van der Waals surface area contributed by atoms with Crippen molar-refractivity contribution in [2.75, 3.05) is 17.3 Å². The molecule has 4 amide bonds. The molecule has 0 aliphatic carbocycles. The second-order valence-corrected chi connectivity index (χ2v) is 10.5. The largest absolute Gasteiger partial charge is 0.497 e. The van der Waals surface area contributed by atoms with Crippen molar-refractivity contribution in [3.05, 3.63) is 70.1 Å². The number of amides is 4. The Bertz CT molecular complexity index is 1370. The third-order valence-electron chi connectivity index (χ3n) is 4.76. The number of carbonyl (C=O) groups excluding carboxylic acids is 3. The highest BCUT2D eigenvalue weighted by Gasteiger charge is 2.32. The van der Waals surface area contributed by atoms with E-state index in [0.29, 0.717) is 22.6 Å². The summed E-state index contributed by atoms with van der Waals surface area (Å²) in [6, 6.07) is 12.5. The number of hydrogen-bond acceptors (Lipinski definition) is 7. The van der Waals surface area contributed by atoms with Gasteiger partial charge in [0.1, 0.15) is 9.96 Å². The van der Waals surface area contributed by atoms with Gasteiger partial charge in [-0.2, -0.15) is 0 Å². The number of sulfonamides is 1. The van der Waals surface area contributed by atoms with E-state index in [0.717, 1.165) is 16.2 Å². The SMILES string of the molecule is COc1ccc2c(c1)CC(=O)N(c1ccc(NC(=O)NS(=O)(=O)c3ccc(Cl)s3)cc1)C2=O. The monoisotopic (exact) mass is 505 g/mol. The number of ether oxygens (including phenoxy) is 1. The molecule has 9 nitrogen and oxygen atoms in total. The fraction of sp³-hybridized carbons (Fsp3) is 0.0952. The fourth-order valence-electron chi connectivity index (χ4n) is 3.25. The number of fused-ring (bicyclic) bond motifs is 1. The van der Waals surface area contributed by atoms with E-state index >= 15 is 0 Å². The predicted molar refractivity (Wildman–Crippen MR) is 124 cm³/mol. The topological polar surface area (TPSA) is 122 Å². The van der Waals surface area contributed by atoms with Gasteiger partial charge in [-0.15, -0.1) is 11.3 Å². The summed E-state index contributed by atoms with van der Waals surface area (Å²) in [5, 5.41) is 2.40. The first kappa shape index (κ1) is 22.8. The lowest BCUT2D eigenvalue weighted by molar-refractivity contribution is -0.117. The minimum atomic E-state index is -4.07. The molecule has 0 unspecified atom stereocenters. The Labute approximate surface area is 198 Å². The molecule has 0 radical (unpaired) electrons. The van der Waals surface area contributed by atoms with Crippen LogP contribution in [-0.2, 0) is 21.2 Å². The Kier molecular flexibility index (Phi) is 6.11. The van der Waals surface area contributed by atoms with E-state index in [1.165, 1.54) is 43.5 Å². The molecule has 1 aromatic heterocycles. The van der Waals surface area contributed by atoms with Crippen LogP contribution in [0.2, 0.25) is 4.34 Å². The average Bonchev–Trinajstić information content (AvgIpc) is 3.21. The van der Waals surface area contributed by atoms with Gasteiger partial charge >= 0.3 is 6.03 Å². The van der Waals surface area contributed by atoms with Gasteiger partial charge in [-0.1, -0.05) is 11.6 Å². The maximum absolute atomic E-state index is 12.9. The molecule has 33 heavy (non-hydrogen) atoms. The maximum atomic E-state index is 12.9. The van der Waals surface area contributed by atoms with Crippen LogP contribution >= 0.6 is 22.9 Å². The van der Waals surface area contributed by atoms with Gasteiger partial charge in [0.25, 0.3) is 15.9 Å². The highest BCUT2D eigenvalue weighted by molar-refractivity contribution is 7.92. The Balaban J connectivity index is 1.47. The van der Waals surface area contributed by atoms with Gasteiger partial charge in [0.05, 0.1) is 23.6 Å². The molecule has 3 aromatic rings. The van der Waals surface area contributed by atoms with Crippen molar-refractivity contribution in [1.82, 2.24) is 4.72 Å². The number of anilines is 2. The summed E-state index contributed by atoms with van der Waals surface area (Å²) in [6.07, 6.45) is 0.0330. The van der Waals surface area contributed by atoms with Crippen LogP contribution in [-0.4, -0.2) is 33.4 Å². The first-order valence-corrected chi connectivity index (χ1v) is 12.1. The molecule has 2 N–H and O–H groups in total. The molecule has 0 saturated carbocycles. The first-order valence-electron chi connectivity index (χ1n) is 9.41. The van der Waals surface area contributed by atoms with Gasteiger partial charge in [0.15, 0.2) is 0 Å². The van der Waals surface area contributed by atoms with Crippen LogP contribution in [0, 0.1) is 0 Å². The summed E-state index contributed by atoms with van der Waals surface area (Å²) < 4.78 is 31.6. The minimum Gasteiger partial charge on any atom is -0.497 e. The van der Waals surface area contributed by atoms with Crippen molar-refractivity contribution in [1.29, 1.82) is 0 Å². The lowest BCUT2D eigenvalue weighted by Gasteiger charge is -2.27. The van der Waals surface area contributed by atoms with Crippen molar-refractivity contribution in [2.24, 2.45) is 0 Å². The molecule has 0 bridgehead atoms. The Morgan fingerprint density at radius 2 is 1.82 bits per heavy atom. The summed E-state index contributed by atoms with van der Waals surface area (Å²) in [7, 11) is -2.56. The van der Waals surface area contributed by atoms with Crippen molar-refractivity contribution in [3.63, 3.8) is 0 Å². The zero-order chi connectivity index (χ0) is 23.8. The lowest BCUT2D eigenvalue weighted by atomic mass is 9.97. The lowest BCUT2D eigenvalue weighted by Crippen LogP contribution is -2.42. The van der Waals surface area contributed by atoms with Crippen LogP contribution in [0.25, 0.3) is 0 Å². The van der Waals surface area contributed by atoms with Crippen molar-refractivity contribution < 1.29 is 27.5 Å². The number of imide groups is 1. The fourth-order valence-corrected chi connectivity index (χ4v) is 5.64. The molecule has 0 spiro atoms. The molecule has 0 saturated heterocycles. The number of hydrogen-bond donors (Lipinski definition) is 2. The van der Waals surface area contributed by atoms with E-state index in [1.54, 1.807) is 18.2 Å². The highest BCUT2D eigenvalue weighted by atomic mass is 35.5. The third-order valence-corrected chi connectivity index (χ3v) is 7.81. The van der Waals surface area contributed by atoms with E-state index in [2.05, 4.69) is 5.32 Å². The molecule has 170 valence electrons. The van der Waals surface area contributed by atoms with E-state index in [9.17, 15) is 22.8 Å². The molecule has 12 heteroatoms. The average molecular weight is 506 g/mol. The third kappa shape index (κ3) is 4.70. The maximum Gasteiger partial charge on any atom is 0.333 e. The summed E-state index contributed by atoms with van der Waals surface area (Å²) in [6.45, 7) is 0. The zero-order valence-corrected chi connectivity index (χ0v) is 19.4. The first-order chi connectivity index (χ1) is 15.7. The number of methoxy groups -OCH3 is 1. The molecule has 1 aliphatic heterocycles. The van der Waals surface area contributed by atoms with Crippen molar-refractivity contribution >= 4 is 62.2 Å². The van der Waals surface area contributed by atoms with E-state index in [-0.39, 0.29) is 20.7 Å². The van der Waals surface area contributed by atoms with Crippen LogP contribution < -0.4 is 19.7 Å². The smallest absolute Gasteiger partial charge is 0.333 e. The van der Waals surface area contributed by atoms with E-state index in [4.69, 9.17) is 16.3 Å². The van der Waals surface area contributed by atoms with Gasteiger partial charge in [-0.05, 0) is 60.2 Å². The van der Waals surface area contributed by atoms with Gasteiger partial charge in [-0.25, -0.2) is 22.8 Å². The molecule has 0 atom stereocenters. The molecule has 1 aliphatic rings. The molecule has 2 aromatic carbocycles. The van der Waals surface area contributed by atoms with Crippen molar-refractivity contribution in [3.8, 4) is 5.75 Å². The van der Waals surface area contributed by atoms with Gasteiger partial charge in [0, 0.05) is 11.3 Å². The second kappa shape index (κ2) is 8.85. The standard InChI is InChI=1S/C21H16ClN3O6S2/c1-31-15-6-7-16-12(10-15)11-18(26)25(20(16)27)14-4-2-13(3-5-14)23-21(28)24-33(29,30)19-9-8-17(22)32-19/h2-10H,11H2,1H3,(H2,23,24,28). The number of urea groups is 1. The highest BCUT2D eigenvalue weighted by Crippen LogP contribution is 2.29. The number of thiophene rings is 1. The van der Waals surface area contributed by atoms with E-state index < -0.39 is 27.9 Å². The van der Waals surface area contributed by atoms with Crippen LogP contribution in [0.1, 0.15) is 15.9 Å². The normalized spacial score (nSPS) is 13.5. The van der Waals surface area contributed by atoms with Gasteiger partial charge in [0.2, 0.25) is 5.91 Å². The van der Waals surface area contributed by atoms with Crippen LogP contribution in [0.15, 0.2) is 58.8 Å². The Hall–Kier alpha value is -3.41. The number of nitrogens with one attached hydrogen (secondary N) is 2. The number of halogens is 1. The van der Waals surface area contributed by atoms with Gasteiger partial charge < -0.3 is 10.1 Å². The Morgan fingerprint density at radius 3 is 2.45 bits per heavy atom. The van der Waals surface area contributed by atoms with Gasteiger partial charge in [-0.3, -0.25) is 9.59 Å². The summed E-state index contributed by atoms with van der Waals surface area (Å²) in [5.41, 5.74) is 1.57. The van der Waals surface area contributed by atoms with Crippen LogP contribution in [0.3, 0.4) is 0 Å². The Morgan fingerprint density at radius 1 is 1.09 bits per heavy atom.